The van der Waals surface area contributed by atoms with Crippen LogP contribution in [0.2, 0.25) is 10.0 Å². The largest absolute Gasteiger partial charge is 0.482 e. The van der Waals surface area contributed by atoms with Crippen molar-refractivity contribution in [2.75, 3.05) is 58.3 Å². The third-order valence-corrected chi connectivity index (χ3v) is 14.5. The molecule has 382 valence electrons. The summed E-state index contributed by atoms with van der Waals surface area (Å²) in [5, 5.41) is 21.2. The van der Waals surface area contributed by atoms with Crippen LogP contribution in [0, 0.1) is 18.2 Å². The number of anilines is 1. The number of piperidine rings is 1. The van der Waals surface area contributed by atoms with Crippen LogP contribution in [0.15, 0.2) is 66.6 Å². The summed E-state index contributed by atoms with van der Waals surface area (Å²) in [5.41, 5.74) is 12.2. The number of nitrogens with one attached hydrogen (secondary N) is 2. The zero-order valence-electron chi connectivity index (χ0n) is 40.8. The Labute approximate surface area is 428 Å². The second-order valence-electron chi connectivity index (χ2n) is 19.2. The number of thiazole rings is 1. The smallest absolute Gasteiger partial charge is 0.246 e. The highest BCUT2D eigenvalue weighted by molar-refractivity contribution is 7.13. The van der Waals surface area contributed by atoms with E-state index in [2.05, 4.69) is 30.6 Å². The fraction of sp³-hybridized carbons (Fsp3) is 0.490. The van der Waals surface area contributed by atoms with Crippen molar-refractivity contribution in [3.63, 3.8) is 0 Å². The molecule has 5 N–H and O–H groups in total. The number of likely N-dealkylation sites (tertiary alicyclic amines) is 2. The monoisotopic (exact) mass is 1040 g/mol. The average molecular weight is 1040 g/mol. The highest BCUT2D eigenvalue weighted by Crippen LogP contribution is 2.37. The van der Waals surface area contributed by atoms with Crippen molar-refractivity contribution in [1.29, 1.82) is 0 Å². The van der Waals surface area contributed by atoms with E-state index in [9.17, 15) is 23.9 Å². The lowest BCUT2D eigenvalue weighted by atomic mass is 9.85. The third-order valence-electron chi connectivity index (χ3n) is 12.9. The van der Waals surface area contributed by atoms with E-state index in [0.29, 0.717) is 31.1 Å². The summed E-state index contributed by atoms with van der Waals surface area (Å²) in [7, 11) is 0. The maximum atomic E-state index is 14.2. The molecule has 7 rings (SSSR count). The molecule has 2 aliphatic heterocycles. The maximum absolute atomic E-state index is 14.2. The molecule has 2 fully saturated rings. The Morgan fingerprint density at radius 2 is 1.72 bits per heavy atom. The molecule has 0 bridgehead atoms. The number of nitrogens with zero attached hydrogens (tertiary/aromatic N) is 6. The first kappa shape index (κ1) is 53.6. The molecule has 3 aromatic heterocycles. The molecule has 20 heteroatoms. The SMILES string of the molecule is Cc1ncsc1-c1ccc(CNC(=O)[C@@H]2C[C@@H](O)CN2C(=O)C(NC(=O)CCOCCOCCCN2CCC(n3cc(-c4cnc(N)c(O[C@H](C)c5c(Cl)ccc(F)c5Cl)c4)cn3)CC2)C(C)(C)C)cc1. The molecule has 0 aliphatic carbocycles. The standard InChI is InChI=1S/C51H64Cl2FN9O7S/c1-31-46(71-30-58-31)34-9-7-33(8-10-34)25-57-49(66)41-24-38(64)29-62(41)50(67)47(51(3,4)5)60-43(65)15-20-69-22-21-68-19-6-16-61-17-13-37(14-18-61)63-28-36(27-59-63)35-23-42(48(55)56-26-35)70-32(2)44-39(52)11-12-40(54)45(44)53/h7-12,23,26-28,30,32,37-38,41,47,64H,6,13-22,24-25,29H2,1-5H3,(H2,55,56)(H,57,66)(H,60,65)/t32-,38-,41+,47?/m1/s1. The van der Waals surface area contributed by atoms with Gasteiger partial charge in [0.1, 0.15) is 24.0 Å². The molecule has 16 nitrogen and oxygen atoms in total. The van der Waals surface area contributed by atoms with Crippen molar-refractivity contribution in [3.8, 4) is 27.3 Å². The van der Waals surface area contributed by atoms with Gasteiger partial charge in [0.05, 0.1) is 59.3 Å². The fourth-order valence-corrected chi connectivity index (χ4v) is 10.3. The minimum absolute atomic E-state index is 0.00174. The number of aliphatic hydroxyl groups is 1. The molecular formula is C51H64Cl2FN9O7S. The summed E-state index contributed by atoms with van der Waals surface area (Å²) in [6, 6.07) is 10.8. The van der Waals surface area contributed by atoms with E-state index in [4.69, 9.17) is 43.1 Å². The van der Waals surface area contributed by atoms with Gasteiger partial charge in [-0.2, -0.15) is 5.10 Å². The topological polar surface area (TPSA) is 199 Å². The van der Waals surface area contributed by atoms with Crippen LogP contribution in [-0.2, 0) is 30.4 Å². The van der Waals surface area contributed by atoms with Crippen molar-refractivity contribution in [2.45, 2.75) is 104 Å². The van der Waals surface area contributed by atoms with Crippen molar-refractivity contribution < 1.29 is 38.1 Å². The summed E-state index contributed by atoms with van der Waals surface area (Å²) >= 11 is 14.1. The lowest BCUT2D eigenvalue weighted by molar-refractivity contribution is -0.144. The van der Waals surface area contributed by atoms with Crippen molar-refractivity contribution in [3.05, 3.63) is 99.2 Å². The number of ether oxygens (including phenoxy) is 3. The number of hydrogen-bond donors (Lipinski definition) is 4. The van der Waals surface area contributed by atoms with Crippen molar-refractivity contribution in [1.82, 2.24) is 40.2 Å². The number of pyridine rings is 1. The normalized spacial score (nSPS) is 17.6. The number of nitrogens with two attached hydrogens (primary N) is 1. The Morgan fingerprint density at radius 1 is 0.986 bits per heavy atom. The molecule has 2 aromatic carbocycles. The van der Waals surface area contributed by atoms with Gasteiger partial charge in [0.2, 0.25) is 17.7 Å². The number of carbonyl (C=O) groups excluding carboxylic acids is 3. The van der Waals surface area contributed by atoms with Crippen LogP contribution in [0.1, 0.15) is 88.8 Å². The number of benzene rings is 2. The first-order chi connectivity index (χ1) is 34.0. The molecule has 5 aromatic rings. The molecule has 0 radical (unpaired) electrons. The van der Waals surface area contributed by atoms with E-state index in [-0.39, 0.29) is 66.3 Å². The number of halogens is 3. The van der Waals surface area contributed by atoms with E-state index >= 15 is 0 Å². The van der Waals surface area contributed by atoms with Crippen LogP contribution in [0.3, 0.4) is 0 Å². The van der Waals surface area contributed by atoms with Gasteiger partial charge in [-0.3, -0.25) is 19.1 Å². The molecule has 3 amide bonds. The van der Waals surface area contributed by atoms with Gasteiger partial charge in [0, 0.05) is 86.3 Å². The van der Waals surface area contributed by atoms with Crippen LogP contribution in [0.25, 0.3) is 21.6 Å². The number of aliphatic hydroxyl groups excluding tert-OH is 1. The van der Waals surface area contributed by atoms with Crippen LogP contribution < -0.4 is 21.1 Å². The number of aryl methyl sites for hydroxylation is 1. The lowest BCUT2D eigenvalue weighted by Crippen LogP contribution is -2.57. The third kappa shape index (κ3) is 14.1. The highest BCUT2D eigenvalue weighted by Gasteiger charge is 2.44. The van der Waals surface area contributed by atoms with Gasteiger partial charge in [0.25, 0.3) is 0 Å². The summed E-state index contributed by atoms with van der Waals surface area (Å²) in [6.45, 7) is 13.7. The number of hydrogen-bond acceptors (Lipinski definition) is 13. The van der Waals surface area contributed by atoms with Crippen LogP contribution >= 0.6 is 34.5 Å². The minimum atomic E-state index is -0.923. The zero-order valence-corrected chi connectivity index (χ0v) is 43.2. The van der Waals surface area contributed by atoms with Crippen LogP contribution in [-0.4, -0.2) is 123 Å². The highest BCUT2D eigenvalue weighted by atomic mass is 35.5. The average Bonchev–Trinajstić information content (AvgIpc) is 4.12. The van der Waals surface area contributed by atoms with Gasteiger partial charge in [-0.05, 0) is 67.9 Å². The second-order valence-corrected chi connectivity index (χ2v) is 20.8. The van der Waals surface area contributed by atoms with E-state index in [1.165, 1.54) is 17.0 Å². The summed E-state index contributed by atoms with van der Waals surface area (Å²) in [5.74, 6) is -1.21. The maximum Gasteiger partial charge on any atom is 0.246 e. The van der Waals surface area contributed by atoms with E-state index < -0.39 is 41.4 Å². The summed E-state index contributed by atoms with van der Waals surface area (Å²) in [4.78, 5) is 54.1. The molecule has 2 saturated heterocycles. The van der Waals surface area contributed by atoms with Crippen molar-refractivity contribution in [2.24, 2.45) is 5.41 Å². The molecular weight excluding hydrogens is 973 g/mol. The van der Waals surface area contributed by atoms with Gasteiger partial charge >= 0.3 is 0 Å². The Bertz CT molecular complexity index is 2600. The molecule has 1 unspecified atom stereocenters. The lowest BCUT2D eigenvalue weighted by Gasteiger charge is -2.35. The van der Waals surface area contributed by atoms with E-state index in [1.807, 2.05) is 68.3 Å². The summed E-state index contributed by atoms with van der Waals surface area (Å²) in [6.07, 6.45) is 6.82. The quantitative estimate of drug-likeness (QED) is 0.0412. The molecule has 71 heavy (non-hydrogen) atoms. The summed E-state index contributed by atoms with van der Waals surface area (Å²) < 4.78 is 33.8. The Hall–Kier alpha value is -5.21. The Morgan fingerprint density at radius 3 is 2.42 bits per heavy atom. The number of β-amino-alcohol motifs (C(OH)–C–C–N with tert-alkyl or cyclic N) is 1. The Balaban J connectivity index is 0.766. The number of nitrogen functional groups attached to an aromatic ring is 1. The Kier molecular flexibility index (Phi) is 18.5. The number of aromatic nitrogens is 4. The minimum Gasteiger partial charge on any atom is -0.482 e. The first-order valence-electron chi connectivity index (χ1n) is 24.0. The molecule has 0 spiro atoms. The predicted octanol–water partition coefficient (Wildman–Crippen LogP) is 7.80. The molecule has 4 atom stereocenters. The van der Waals surface area contributed by atoms with Crippen LogP contribution in [0.4, 0.5) is 10.2 Å². The van der Waals surface area contributed by atoms with Gasteiger partial charge < -0.3 is 45.5 Å². The van der Waals surface area contributed by atoms with E-state index in [0.717, 1.165) is 71.7 Å². The zero-order chi connectivity index (χ0) is 50.8. The first-order valence-corrected chi connectivity index (χ1v) is 25.6. The van der Waals surface area contributed by atoms with Gasteiger partial charge in [-0.25, -0.2) is 14.4 Å². The van der Waals surface area contributed by atoms with Gasteiger partial charge in [-0.15, -0.1) is 11.3 Å². The van der Waals surface area contributed by atoms with Gasteiger partial charge in [-0.1, -0.05) is 68.2 Å². The number of carbonyl (C=O) groups is 3. The molecule has 5 heterocycles. The molecule has 2 aliphatic rings. The second kappa shape index (κ2) is 24.5. The van der Waals surface area contributed by atoms with Crippen molar-refractivity contribution >= 4 is 58.1 Å². The number of rotatable bonds is 21. The van der Waals surface area contributed by atoms with E-state index in [1.54, 1.807) is 36.7 Å². The van der Waals surface area contributed by atoms with Crippen LogP contribution in [0.5, 0.6) is 5.75 Å². The fourth-order valence-electron chi connectivity index (χ4n) is 8.86. The van der Waals surface area contributed by atoms with Gasteiger partial charge in [0.15, 0.2) is 11.6 Å². The number of amides is 3. The predicted molar refractivity (Wildman–Crippen MR) is 273 cm³/mol. The molecule has 0 saturated carbocycles.